The van der Waals surface area contributed by atoms with Crippen molar-refractivity contribution in [2.24, 2.45) is 5.92 Å². The monoisotopic (exact) mass is 313 g/mol. The van der Waals surface area contributed by atoms with E-state index in [2.05, 4.69) is 21.2 Å². The van der Waals surface area contributed by atoms with Gasteiger partial charge in [0.2, 0.25) is 0 Å². The first kappa shape index (κ1) is 15.2. The van der Waals surface area contributed by atoms with Crippen molar-refractivity contribution in [3.05, 3.63) is 34.3 Å². The first-order valence-electron chi connectivity index (χ1n) is 6.30. The first-order chi connectivity index (χ1) is 8.58. The minimum Gasteiger partial charge on any atom is -0.391 e. The van der Waals surface area contributed by atoms with E-state index in [1.54, 1.807) is 12.1 Å². The second kappa shape index (κ2) is 7.54. The first-order valence-corrected chi connectivity index (χ1v) is 7.09. The maximum Gasteiger partial charge on any atom is 0.251 e. The van der Waals surface area contributed by atoms with Crippen LogP contribution in [0.25, 0.3) is 0 Å². The maximum absolute atomic E-state index is 11.9. The van der Waals surface area contributed by atoms with Crippen LogP contribution in [-0.2, 0) is 0 Å². The Bertz CT molecular complexity index is 391. The fourth-order valence-electron chi connectivity index (χ4n) is 1.93. The summed E-state index contributed by atoms with van der Waals surface area (Å²) in [7, 11) is 0. The number of rotatable bonds is 6. The Labute approximate surface area is 117 Å². The molecule has 1 amide bonds. The molecule has 1 rings (SSSR count). The normalized spacial score (nSPS) is 12.5. The Balaban J connectivity index is 2.51. The van der Waals surface area contributed by atoms with E-state index in [1.165, 1.54) is 0 Å². The smallest absolute Gasteiger partial charge is 0.251 e. The molecule has 3 nitrogen and oxygen atoms in total. The third-order valence-corrected chi connectivity index (χ3v) is 3.64. The molecule has 1 atom stereocenters. The average Bonchev–Trinajstić information content (AvgIpc) is 2.37. The number of hydrogen-bond donors (Lipinski definition) is 2. The summed E-state index contributed by atoms with van der Waals surface area (Å²) in [5, 5.41) is 12.7. The SMILES string of the molecule is CCC(CC)C(O)CNC(=O)c1cccc(Br)c1. The van der Waals surface area contributed by atoms with Gasteiger partial charge in [0, 0.05) is 16.6 Å². The summed E-state index contributed by atoms with van der Waals surface area (Å²) < 4.78 is 0.871. The highest BCUT2D eigenvalue weighted by Gasteiger charge is 2.16. The Morgan fingerprint density at radius 1 is 1.39 bits per heavy atom. The Morgan fingerprint density at radius 2 is 2.06 bits per heavy atom. The number of aliphatic hydroxyl groups is 1. The van der Waals surface area contributed by atoms with Gasteiger partial charge in [0.05, 0.1) is 6.10 Å². The molecule has 0 radical (unpaired) electrons. The van der Waals surface area contributed by atoms with Crippen molar-refractivity contribution in [1.29, 1.82) is 0 Å². The highest BCUT2D eigenvalue weighted by molar-refractivity contribution is 9.10. The summed E-state index contributed by atoms with van der Waals surface area (Å²) in [6.07, 6.45) is 1.37. The zero-order chi connectivity index (χ0) is 13.5. The molecule has 0 aliphatic carbocycles. The van der Waals surface area contributed by atoms with Crippen molar-refractivity contribution in [1.82, 2.24) is 5.32 Å². The van der Waals surface area contributed by atoms with Gasteiger partial charge in [-0.05, 0) is 24.1 Å². The van der Waals surface area contributed by atoms with Gasteiger partial charge < -0.3 is 10.4 Å². The molecule has 0 aliphatic heterocycles. The average molecular weight is 314 g/mol. The van der Waals surface area contributed by atoms with Crippen LogP contribution in [0.3, 0.4) is 0 Å². The van der Waals surface area contributed by atoms with E-state index in [0.717, 1.165) is 17.3 Å². The number of halogens is 1. The molecule has 0 aliphatic rings. The Hall–Kier alpha value is -0.870. The summed E-state index contributed by atoms with van der Waals surface area (Å²) in [6, 6.07) is 7.20. The maximum atomic E-state index is 11.9. The lowest BCUT2D eigenvalue weighted by Crippen LogP contribution is -2.36. The van der Waals surface area contributed by atoms with Crippen LogP contribution in [0.15, 0.2) is 28.7 Å². The second-order valence-electron chi connectivity index (χ2n) is 4.36. The van der Waals surface area contributed by atoms with Crippen LogP contribution in [0.1, 0.15) is 37.0 Å². The van der Waals surface area contributed by atoms with Gasteiger partial charge in [-0.2, -0.15) is 0 Å². The van der Waals surface area contributed by atoms with Crippen molar-refractivity contribution in [2.45, 2.75) is 32.8 Å². The fourth-order valence-corrected chi connectivity index (χ4v) is 2.33. The molecule has 1 aromatic rings. The van der Waals surface area contributed by atoms with Crippen molar-refractivity contribution >= 4 is 21.8 Å². The third kappa shape index (κ3) is 4.42. The molecule has 0 fully saturated rings. The number of carbonyl (C=O) groups is 1. The molecule has 4 heteroatoms. The van der Waals surface area contributed by atoms with Gasteiger partial charge in [0.25, 0.3) is 5.91 Å². The van der Waals surface area contributed by atoms with Gasteiger partial charge in [-0.3, -0.25) is 4.79 Å². The lowest BCUT2D eigenvalue weighted by atomic mass is 9.96. The fraction of sp³-hybridized carbons (Fsp3) is 0.500. The Kier molecular flexibility index (Phi) is 6.36. The molecular formula is C14H20BrNO2. The molecule has 0 saturated heterocycles. The lowest BCUT2D eigenvalue weighted by Gasteiger charge is -2.20. The minimum absolute atomic E-state index is 0.152. The van der Waals surface area contributed by atoms with Gasteiger partial charge in [0.15, 0.2) is 0 Å². The summed E-state index contributed by atoms with van der Waals surface area (Å²) in [4.78, 5) is 11.9. The standard InChI is InChI=1S/C14H20BrNO2/c1-3-10(4-2)13(17)9-16-14(18)11-6-5-7-12(15)8-11/h5-8,10,13,17H,3-4,9H2,1-2H3,(H,16,18). The lowest BCUT2D eigenvalue weighted by molar-refractivity contribution is 0.0816. The molecular weight excluding hydrogens is 294 g/mol. The van der Waals surface area contributed by atoms with Crippen LogP contribution in [0.4, 0.5) is 0 Å². The number of nitrogens with one attached hydrogen (secondary N) is 1. The zero-order valence-corrected chi connectivity index (χ0v) is 12.4. The van der Waals surface area contributed by atoms with E-state index in [9.17, 15) is 9.90 Å². The quantitative estimate of drug-likeness (QED) is 0.848. The van der Waals surface area contributed by atoms with Gasteiger partial charge in [-0.25, -0.2) is 0 Å². The number of aliphatic hydroxyl groups excluding tert-OH is 1. The molecule has 0 aromatic heterocycles. The van der Waals surface area contributed by atoms with Crippen molar-refractivity contribution in [3.63, 3.8) is 0 Å². The number of carbonyl (C=O) groups excluding carboxylic acids is 1. The van der Waals surface area contributed by atoms with Gasteiger partial charge >= 0.3 is 0 Å². The van der Waals surface area contributed by atoms with Crippen molar-refractivity contribution in [3.8, 4) is 0 Å². The number of amides is 1. The molecule has 100 valence electrons. The van der Waals surface area contributed by atoms with Crippen LogP contribution in [0.5, 0.6) is 0 Å². The van der Waals surface area contributed by atoms with Crippen LogP contribution < -0.4 is 5.32 Å². The highest BCUT2D eigenvalue weighted by Crippen LogP contribution is 2.13. The highest BCUT2D eigenvalue weighted by atomic mass is 79.9. The summed E-state index contributed by atoms with van der Waals surface area (Å²) in [5.74, 6) is 0.0918. The van der Waals surface area contributed by atoms with E-state index in [-0.39, 0.29) is 11.8 Å². The van der Waals surface area contributed by atoms with E-state index in [1.807, 2.05) is 26.0 Å². The number of hydrogen-bond acceptors (Lipinski definition) is 2. The third-order valence-electron chi connectivity index (χ3n) is 3.15. The van der Waals surface area contributed by atoms with Gasteiger partial charge in [-0.1, -0.05) is 48.7 Å². The summed E-state index contributed by atoms with van der Waals surface area (Å²) in [5.41, 5.74) is 0.598. The van der Waals surface area contributed by atoms with E-state index >= 15 is 0 Å². The topological polar surface area (TPSA) is 49.3 Å². The predicted molar refractivity (Wildman–Crippen MR) is 76.6 cm³/mol. The Morgan fingerprint density at radius 3 is 2.61 bits per heavy atom. The van der Waals surface area contributed by atoms with Gasteiger partial charge in [-0.15, -0.1) is 0 Å². The molecule has 0 spiro atoms. The largest absolute Gasteiger partial charge is 0.391 e. The minimum atomic E-state index is -0.476. The second-order valence-corrected chi connectivity index (χ2v) is 5.28. The van der Waals surface area contributed by atoms with Crippen LogP contribution >= 0.6 is 15.9 Å². The van der Waals surface area contributed by atoms with Crippen LogP contribution in [0.2, 0.25) is 0 Å². The summed E-state index contributed by atoms with van der Waals surface area (Å²) in [6.45, 7) is 4.40. The summed E-state index contributed by atoms with van der Waals surface area (Å²) >= 11 is 3.33. The van der Waals surface area contributed by atoms with E-state index in [0.29, 0.717) is 12.1 Å². The molecule has 1 aromatic carbocycles. The molecule has 0 saturated carbocycles. The van der Waals surface area contributed by atoms with Crippen LogP contribution in [-0.4, -0.2) is 23.7 Å². The molecule has 2 N–H and O–H groups in total. The molecule has 1 unspecified atom stereocenters. The van der Waals surface area contributed by atoms with E-state index in [4.69, 9.17) is 0 Å². The molecule has 18 heavy (non-hydrogen) atoms. The van der Waals surface area contributed by atoms with Crippen LogP contribution in [0, 0.1) is 5.92 Å². The molecule has 0 bridgehead atoms. The van der Waals surface area contributed by atoms with Crippen molar-refractivity contribution in [2.75, 3.05) is 6.54 Å². The van der Waals surface area contributed by atoms with Gasteiger partial charge in [0.1, 0.15) is 0 Å². The predicted octanol–water partition coefficient (Wildman–Crippen LogP) is 2.98. The van der Waals surface area contributed by atoms with E-state index < -0.39 is 6.10 Å². The zero-order valence-electron chi connectivity index (χ0n) is 10.8. The number of benzene rings is 1. The van der Waals surface area contributed by atoms with Crippen molar-refractivity contribution < 1.29 is 9.90 Å². The molecule has 0 heterocycles.